The Morgan fingerprint density at radius 2 is 2.09 bits per heavy atom. The zero-order chi connectivity index (χ0) is 16.4. The van der Waals surface area contributed by atoms with Gasteiger partial charge in [-0.15, -0.1) is 22.7 Å². The van der Waals surface area contributed by atoms with Crippen molar-refractivity contribution < 1.29 is 4.79 Å². The minimum absolute atomic E-state index is 0.00924. The average Bonchev–Trinajstić information content (AvgIpc) is 3.14. The molecular weight excluding hydrogens is 326 g/mol. The maximum Gasteiger partial charge on any atom is 0.265 e. The van der Waals surface area contributed by atoms with Gasteiger partial charge < -0.3 is 4.90 Å². The highest BCUT2D eigenvalue weighted by atomic mass is 32.1. The Morgan fingerprint density at radius 1 is 1.26 bits per heavy atom. The number of nitrogens with zero attached hydrogens (tertiary/aromatic N) is 3. The summed E-state index contributed by atoms with van der Waals surface area (Å²) in [7, 11) is 1.83. The van der Waals surface area contributed by atoms with Crippen molar-refractivity contribution in [2.45, 2.75) is 20.4 Å². The van der Waals surface area contributed by atoms with E-state index in [9.17, 15) is 4.79 Å². The largest absolute Gasteiger partial charge is 0.336 e. The van der Waals surface area contributed by atoms with Gasteiger partial charge in [0, 0.05) is 18.1 Å². The molecule has 3 aromatic rings. The smallest absolute Gasteiger partial charge is 0.265 e. The molecule has 0 spiro atoms. The van der Waals surface area contributed by atoms with Gasteiger partial charge in [0.2, 0.25) is 0 Å². The zero-order valence-electron chi connectivity index (χ0n) is 13.2. The second-order valence-corrected chi connectivity index (χ2v) is 7.34. The van der Waals surface area contributed by atoms with E-state index in [4.69, 9.17) is 0 Å². The highest BCUT2D eigenvalue weighted by Crippen LogP contribution is 2.28. The number of carbonyl (C=O) groups excluding carboxylic acids is 1. The molecule has 0 aliphatic carbocycles. The van der Waals surface area contributed by atoms with Gasteiger partial charge in [0.15, 0.2) is 0 Å². The second kappa shape index (κ2) is 6.60. The molecule has 0 aliphatic rings. The number of amides is 1. The van der Waals surface area contributed by atoms with Crippen molar-refractivity contribution in [1.82, 2.24) is 14.9 Å². The molecule has 0 radical (unpaired) electrons. The van der Waals surface area contributed by atoms with E-state index in [0.717, 1.165) is 16.4 Å². The van der Waals surface area contributed by atoms with Gasteiger partial charge in [-0.05, 0) is 43.0 Å². The summed E-state index contributed by atoms with van der Waals surface area (Å²) < 4.78 is 0. The van der Waals surface area contributed by atoms with Crippen LogP contribution in [-0.4, -0.2) is 27.8 Å². The van der Waals surface area contributed by atoms with Crippen LogP contribution >= 0.6 is 22.7 Å². The molecule has 0 atom stereocenters. The first-order valence-electron chi connectivity index (χ1n) is 7.23. The van der Waals surface area contributed by atoms with Crippen LogP contribution in [0.1, 0.15) is 25.8 Å². The molecule has 1 amide bonds. The zero-order valence-corrected chi connectivity index (χ0v) is 14.9. The number of hydrogen-bond acceptors (Lipinski definition) is 5. The number of carbonyl (C=O) groups is 1. The normalized spacial score (nSPS) is 10.7. The van der Waals surface area contributed by atoms with Gasteiger partial charge >= 0.3 is 0 Å². The van der Waals surface area contributed by atoms with E-state index in [-0.39, 0.29) is 5.91 Å². The fraction of sp³-hybridized carbons (Fsp3) is 0.235. The van der Waals surface area contributed by atoms with Crippen molar-refractivity contribution >= 4 is 28.6 Å². The lowest BCUT2D eigenvalue weighted by Gasteiger charge is -2.16. The summed E-state index contributed by atoms with van der Waals surface area (Å²) in [4.78, 5) is 25.2. The van der Waals surface area contributed by atoms with Crippen LogP contribution in [0.25, 0.3) is 10.7 Å². The average molecular weight is 343 g/mol. The number of pyridine rings is 1. The monoisotopic (exact) mass is 343 g/mol. The van der Waals surface area contributed by atoms with E-state index in [2.05, 4.69) is 28.3 Å². The number of thiophene rings is 1. The third-order valence-corrected chi connectivity index (χ3v) is 5.75. The summed E-state index contributed by atoms with van der Waals surface area (Å²) in [6.45, 7) is 4.57. The third kappa shape index (κ3) is 3.33. The van der Waals surface area contributed by atoms with E-state index in [1.54, 1.807) is 22.4 Å². The minimum atomic E-state index is 0.00924. The van der Waals surface area contributed by atoms with Crippen LogP contribution in [0.3, 0.4) is 0 Å². The Bertz CT molecular complexity index is 823. The van der Waals surface area contributed by atoms with Crippen LogP contribution in [-0.2, 0) is 6.54 Å². The molecule has 4 nitrogen and oxygen atoms in total. The summed E-state index contributed by atoms with van der Waals surface area (Å²) in [5.74, 6) is 0.00924. The molecule has 0 saturated carbocycles. The number of rotatable bonds is 4. The Morgan fingerprint density at radius 3 is 2.74 bits per heavy atom. The molecule has 0 fully saturated rings. The quantitative estimate of drug-likeness (QED) is 0.715. The fourth-order valence-corrected chi connectivity index (χ4v) is 4.22. The van der Waals surface area contributed by atoms with Gasteiger partial charge in [-0.1, -0.05) is 6.07 Å². The molecule has 6 heteroatoms. The molecule has 3 aromatic heterocycles. The van der Waals surface area contributed by atoms with Crippen LogP contribution in [0.4, 0.5) is 0 Å². The predicted octanol–water partition coefficient (Wildman–Crippen LogP) is 4.16. The van der Waals surface area contributed by atoms with Crippen molar-refractivity contribution in [2.24, 2.45) is 0 Å². The van der Waals surface area contributed by atoms with Gasteiger partial charge in [-0.3, -0.25) is 9.78 Å². The van der Waals surface area contributed by atoms with Crippen LogP contribution in [0, 0.1) is 13.8 Å². The van der Waals surface area contributed by atoms with E-state index in [1.165, 1.54) is 21.8 Å². The summed E-state index contributed by atoms with van der Waals surface area (Å²) in [5, 5.41) is 2.84. The lowest BCUT2D eigenvalue weighted by Crippen LogP contribution is -2.25. The van der Waals surface area contributed by atoms with E-state index >= 15 is 0 Å². The Balaban J connectivity index is 1.82. The highest BCUT2D eigenvalue weighted by molar-refractivity contribution is 7.17. The fourth-order valence-electron chi connectivity index (χ4n) is 2.22. The first kappa shape index (κ1) is 15.8. The molecule has 0 N–H and O–H groups in total. The van der Waals surface area contributed by atoms with E-state index < -0.39 is 0 Å². The van der Waals surface area contributed by atoms with Gasteiger partial charge in [0.1, 0.15) is 9.88 Å². The lowest BCUT2D eigenvalue weighted by molar-refractivity contribution is 0.0790. The SMILES string of the molecule is Cc1ccsc1CN(C)C(=O)c1sc(-c2ccccn2)nc1C. The molecule has 0 saturated heterocycles. The maximum atomic E-state index is 12.7. The molecule has 23 heavy (non-hydrogen) atoms. The molecule has 0 bridgehead atoms. The summed E-state index contributed by atoms with van der Waals surface area (Å²) in [5.41, 5.74) is 2.79. The first-order chi connectivity index (χ1) is 11.1. The van der Waals surface area contributed by atoms with Crippen LogP contribution in [0.5, 0.6) is 0 Å². The van der Waals surface area contributed by atoms with Gasteiger partial charge in [0.05, 0.1) is 17.9 Å². The number of aryl methyl sites for hydroxylation is 2. The molecule has 0 aliphatic heterocycles. The topological polar surface area (TPSA) is 46.1 Å². The van der Waals surface area contributed by atoms with E-state index in [0.29, 0.717) is 11.4 Å². The molecule has 0 unspecified atom stereocenters. The van der Waals surface area contributed by atoms with Crippen molar-refractivity contribution in [2.75, 3.05) is 7.05 Å². The Hall–Kier alpha value is -2.05. The predicted molar refractivity (Wildman–Crippen MR) is 94.9 cm³/mol. The molecule has 118 valence electrons. The van der Waals surface area contributed by atoms with Crippen molar-refractivity contribution in [3.05, 3.63) is 56.9 Å². The van der Waals surface area contributed by atoms with Crippen LogP contribution < -0.4 is 0 Å². The van der Waals surface area contributed by atoms with Crippen LogP contribution in [0.15, 0.2) is 35.8 Å². The second-order valence-electron chi connectivity index (χ2n) is 5.34. The van der Waals surface area contributed by atoms with Crippen molar-refractivity contribution in [3.8, 4) is 10.7 Å². The molecule has 3 heterocycles. The van der Waals surface area contributed by atoms with Gasteiger partial charge in [-0.2, -0.15) is 0 Å². The van der Waals surface area contributed by atoms with Gasteiger partial charge in [0.25, 0.3) is 5.91 Å². The number of hydrogen-bond donors (Lipinski definition) is 0. The summed E-state index contributed by atoms with van der Waals surface area (Å²) >= 11 is 3.09. The number of thiazole rings is 1. The summed E-state index contributed by atoms with van der Waals surface area (Å²) in [6, 6.07) is 7.78. The van der Waals surface area contributed by atoms with Gasteiger partial charge in [-0.25, -0.2) is 4.98 Å². The van der Waals surface area contributed by atoms with Crippen molar-refractivity contribution in [3.63, 3.8) is 0 Å². The molecule has 0 aromatic carbocycles. The summed E-state index contributed by atoms with van der Waals surface area (Å²) in [6.07, 6.45) is 1.74. The third-order valence-electron chi connectivity index (χ3n) is 3.57. The standard InChI is InChI=1S/C17H17N3OS2/c1-11-7-9-22-14(11)10-20(3)17(21)15-12(2)19-16(23-15)13-6-4-5-8-18-13/h4-9H,10H2,1-3H3. The Kier molecular flexibility index (Phi) is 4.54. The number of aromatic nitrogens is 2. The lowest BCUT2D eigenvalue weighted by atomic mass is 10.2. The molecule has 3 rings (SSSR count). The van der Waals surface area contributed by atoms with Crippen molar-refractivity contribution in [1.29, 1.82) is 0 Å². The van der Waals surface area contributed by atoms with E-state index in [1.807, 2.05) is 32.2 Å². The minimum Gasteiger partial charge on any atom is -0.336 e. The van der Waals surface area contributed by atoms with Crippen LogP contribution in [0.2, 0.25) is 0 Å². The highest BCUT2D eigenvalue weighted by Gasteiger charge is 2.20. The Labute approximate surface area is 143 Å². The maximum absolute atomic E-state index is 12.7. The first-order valence-corrected chi connectivity index (χ1v) is 8.93. The molecular formula is C17H17N3OS2.